The van der Waals surface area contributed by atoms with Gasteiger partial charge in [-0.25, -0.2) is 0 Å². The Kier molecular flexibility index (Phi) is 7.08. The molecule has 1 N–H and O–H groups in total. The zero-order valence-corrected chi connectivity index (χ0v) is 21.0. The van der Waals surface area contributed by atoms with Gasteiger partial charge in [-0.15, -0.1) is 0 Å². The fraction of sp³-hybridized carbons (Fsp3) is 0.267. The van der Waals surface area contributed by atoms with E-state index in [9.17, 15) is 27.9 Å². The first kappa shape index (κ1) is 26.3. The standard InChI is InChI=1S/C30H27F3N2O4/c31-30(32,33)23-7-11-26(12-8-23)39-25-9-5-22(6-10-25)28(38)34-17-14-29(15-18-34)16-19-35(29)27(37)13-4-21-2-1-3-24(36)20-21/h1-13,20,36H,14-19H2/b13-4+. The van der Waals surface area contributed by atoms with Gasteiger partial charge in [0.15, 0.2) is 0 Å². The highest BCUT2D eigenvalue weighted by Crippen LogP contribution is 2.40. The van der Waals surface area contributed by atoms with Crippen LogP contribution < -0.4 is 4.74 Å². The van der Waals surface area contributed by atoms with Crippen LogP contribution in [-0.4, -0.2) is 51.9 Å². The average molecular weight is 537 g/mol. The summed E-state index contributed by atoms with van der Waals surface area (Å²) in [6.07, 6.45) is 1.10. The van der Waals surface area contributed by atoms with Crippen LogP contribution in [0.4, 0.5) is 13.2 Å². The molecule has 3 aromatic carbocycles. The minimum atomic E-state index is -4.41. The molecule has 2 heterocycles. The van der Waals surface area contributed by atoms with E-state index in [4.69, 9.17) is 4.74 Å². The minimum Gasteiger partial charge on any atom is -0.508 e. The van der Waals surface area contributed by atoms with Crippen molar-refractivity contribution in [3.63, 3.8) is 0 Å². The predicted octanol–water partition coefficient (Wildman–Crippen LogP) is 6.12. The first-order chi connectivity index (χ1) is 18.6. The molecular formula is C30H27F3N2O4. The highest BCUT2D eigenvalue weighted by Gasteiger charge is 2.48. The SMILES string of the molecule is O=C(c1ccc(Oc2ccc(C(F)(F)F)cc2)cc1)N1CCC2(CC1)CCN2C(=O)/C=C/c1cccc(O)c1. The number of carbonyl (C=O) groups is 2. The van der Waals surface area contributed by atoms with Gasteiger partial charge in [-0.3, -0.25) is 9.59 Å². The summed E-state index contributed by atoms with van der Waals surface area (Å²) in [7, 11) is 0. The molecule has 2 aliphatic heterocycles. The van der Waals surface area contributed by atoms with Gasteiger partial charge in [0, 0.05) is 36.8 Å². The van der Waals surface area contributed by atoms with Crippen LogP contribution in [0.1, 0.15) is 40.7 Å². The molecule has 0 bridgehead atoms. The quantitative estimate of drug-likeness (QED) is 0.399. The Balaban J connectivity index is 1.15. The molecular weight excluding hydrogens is 509 g/mol. The Labute approximate surface area is 223 Å². The lowest BCUT2D eigenvalue weighted by Crippen LogP contribution is -2.65. The largest absolute Gasteiger partial charge is 0.508 e. The second kappa shape index (κ2) is 10.5. The Morgan fingerprint density at radius 2 is 1.49 bits per heavy atom. The van der Waals surface area contributed by atoms with Crippen molar-refractivity contribution >= 4 is 17.9 Å². The van der Waals surface area contributed by atoms with Gasteiger partial charge in [0.05, 0.1) is 5.56 Å². The van der Waals surface area contributed by atoms with E-state index in [1.807, 2.05) is 11.0 Å². The molecule has 6 nitrogen and oxygen atoms in total. The fourth-order valence-electron chi connectivity index (χ4n) is 5.11. The monoisotopic (exact) mass is 536 g/mol. The second-order valence-electron chi connectivity index (χ2n) is 9.83. The van der Waals surface area contributed by atoms with Gasteiger partial charge < -0.3 is 19.6 Å². The molecule has 2 saturated heterocycles. The lowest BCUT2D eigenvalue weighted by atomic mass is 9.76. The van der Waals surface area contributed by atoms with Gasteiger partial charge in [0.2, 0.25) is 5.91 Å². The smallest absolute Gasteiger partial charge is 0.416 e. The number of hydrogen-bond donors (Lipinski definition) is 1. The normalized spacial score (nSPS) is 16.8. The summed E-state index contributed by atoms with van der Waals surface area (Å²) in [6, 6.07) is 17.6. The number of benzene rings is 3. The minimum absolute atomic E-state index is 0.0759. The fourth-order valence-corrected chi connectivity index (χ4v) is 5.11. The molecule has 0 unspecified atom stereocenters. The van der Waals surface area contributed by atoms with Crippen molar-refractivity contribution in [1.82, 2.24) is 9.80 Å². The number of piperidine rings is 1. The van der Waals surface area contributed by atoms with E-state index in [1.54, 1.807) is 53.4 Å². The van der Waals surface area contributed by atoms with Crippen LogP contribution in [0.2, 0.25) is 0 Å². The van der Waals surface area contributed by atoms with Gasteiger partial charge >= 0.3 is 6.18 Å². The number of phenolic OH excluding ortho intramolecular Hbond substituents is 1. The number of nitrogens with zero attached hydrogens (tertiary/aromatic N) is 2. The number of likely N-dealkylation sites (tertiary alicyclic amines) is 2. The highest BCUT2D eigenvalue weighted by molar-refractivity contribution is 5.95. The summed E-state index contributed by atoms with van der Waals surface area (Å²) >= 11 is 0. The zero-order chi connectivity index (χ0) is 27.6. The van der Waals surface area contributed by atoms with Gasteiger partial charge in [-0.1, -0.05) is 12.1 Å². The first-order valence-corrected chi connectivity index (χ1v) is 12.7. The van der Waals surface area contributed by atoms with Crippen LogP contribution in [0, 0.1) is 0 Å². The maximum atomic E-state index is 13.1. The van der Waals surface area contributed by atoms with Crippen molar-refractivity contribution in [3.8, 4) is 17.2 Å². The first-order valence-electron chi connectivity index (χ1n) is 12.7. The van der Waals surface area contributed by atoms with Gasteiger partial charge in [-0.2, -0.15) is 13.2 Å². The van der Waals surface area contributed by atoms with Crippen molar-refractivity contribution < 1.29 is 32.6 Å². The van der Waals surface area contributed by atoms with Gasteiger partial charge in [-0.05, 0) is 91.6 Å². The molecule has 2 aliphatic rings. The second-order valence-corrected chi connectivity index (χ2v) is 9.83. The molecule has 0 saturated carbocycles. The van der Waals surface area contributed by atoms with E-state index < -0.39 is 11.7 Å². The van der Waals surface area contributed by atoms with Gasteiger partial charge in [0.25, 0.3) is 5.91 Å². The average Bonchev–Trinajstić information content (AvgIpc) is 2.91. The summed E-state index contributed by atoms with van der Waals surface area (Å²) in [5, 5.41) is 9.60. The van der Waals surface area contributed by atoms with Crippen LogP contribution >= 0.6 is 0 Å². The lowest BCUT2D eigenvalue weighted by Gasteiger charge is -2.56. The Bertz CT molecular complexity index is 1380. The summed E-state index contributed by atoms with van der Waals surface area (Å²) in [5.41, 5.74) is 0.241. The van der Waals surface area contributed by atoms with Crippen molar-refractivity contribution in [2.24, 2.45) is 0 Å². The molecule has 0 aromatic heterocycles. The maximum absolute atomic E-state index is 13.1. The third-order valence-corrected chi connectivity index (χ3v) is 7.43. The summed E-state index contributed by atoms with van der Waals surface area (Å²) in [4.78, 5) is 29.6. The van der Waals surface area contributed by atoms with E-state index in [-0.39, 0.29) is 28.9 Å². The number of carbonyl (C=O) groups excluding carboxylic acids is 2. The molecule has 0 radical (unpaired) electrons. The molecule has 5 rings (SSSR count). The van der Waals surface area contributed by atoms with Crippen LogP contribution in [0.25, 0.3) is 6.08 Å². The van der Waals surface area contributed by atoms with Crippen LogP contribution in [0.3, 0.4) is 0 Å². The molecule has 0 atom stereocenters. The molecule has 3 aromatic rings. The molecule has 39 heavy (non-hydrogen) atoms. The maximum Gasteiger partial charge on any atom is 0.416 e. The van der Waals surface area contributed by atoms with Crippen LogP contribution in [0.15, 0.2) is 78.9 Å². The number of ether oxygens (including phenoxy) is 1. The van der Waals surface area contributed by atoms with Crippen molar-refractivity contribution in [2.45, 2.75) is 31.0 Å². The lowest BCUT2D eigenvalue weighted by molar-refractivity contribution is -0.145. The number of halogens is 3. The third kappa shape index (κ3) is 5.77. The van der Waals surface area contributed by atoms with Crippen molar-refractivity contribution in [2.75, 3.05) is 19.6 Å². The Hall–Kier alpha value is -4.27. The van der Waals surface area contributed by atoms with E-state index in [2.05, 4.69) is 0 Å². The molecule has 9 heteroatoms. The molecule has 2 amide bonds. The Morgan fingerprint density at radius 3 is 2.05 bits per heavy atom. The number of alkyl halides is 3. The molecule has 2 fully saturated rings. The van der Waals surface area contributed by atoms with Crippen molar-refractivity contribution in [3.05, 3.63) is 95.6 Å². The number of phenols is 1. The van der Waals surface area contributed by atoms with Crippen LogP contribution in [0.5, 0.6) is 17.2 Å². The summed E-state index contributed by atoms with van der Waals surface area (Å²) < 4.78 is 43.8. The molecule has 0 aliphatic carbocycles. The van der Waals surface area contributed by atoms with Crippen LogP contribution in [-0.2, 0) is 11.0 Å². The zero-order valence-electron chi connectivity index (χ0n) is 21.0. The topological polar surface area (TPSA) is 70.1 Å². The highest BCUT2D eigenvalue weighted by atomic mass is 19.4. The number of hydrogen-bond acceptors (Lipinski definition) is 4. The Morgan fingerprint density at radius 1 is 0.872 bits per heavy atom. The predicted molar refractivity (Wildman–Crippen MR) is 139 cm³/mol. The number of rotatable bonds is 5. The van der Waals surface area contributed by atoms with E-state index in [0.717, 1.165) is 24.1 Å². The van der Waals surface area contributed by atoms with E-state index >= 15 is 0 Å². The van der Waals surface area contributed by atoms with Gasteiger partial charge in [0.1, 0.15) is 17.2 Å². The summed E-state index contributed by atoms with van der Waals surface area (Å²) in [6.45, 7) is 1.74. The molecule has 202 valence electrons. The molecule has 1 spiro atoms. The van der Waals surface area contributed by atoms with E-state index in [1.165, 1.54) is 18.2 Å². The number of aromatic hydroxyl groups is 1. The number of amides is 2. The summed E-state index contributed by atoms with van der Waals surface area (Å²) in [5.74, 6) is 0.620. The van der Waals surface area contributed by atoms with Crippen molar-refractivity contribution in [1.29, 1.82) is 0 Å². The van der Waals surface area contributed by atoms with E-state index in [0.29, 0.717) is 43.8 Å². The third-order valence-electron chi connectivity index (χ3n) is 7.43.